The molecule has 0 unspecified atom stereocenters. The van der Waals surface area contributed by atoms with Crippen LogP contribution < -0.4 is 4.72 Å². The monoisotopic (exact) mass is 295 g/mol. The quantitative estimate of drug-likeness (QED) is 0.893. The molecule has 0 saturated heterocycles. The number of hydrogen-bond donors (Lipinski definition) is 2. The van der Waals surface area contributed by atoms with Gasteiger partial charge >= 0.3 is 0 Å². The van der Waals surface area contributed by atoms with Crippen LogP contribution in [0.5, 0.6) is 0 Å². The van der Waals surface area contributed by atoms with Gasteiger partial charge in [0.05, 0.1) is 11.0 Å². The standard InChI is InChI=1S/C15H21NO3S/c17-14-7-5-13(6-8-14)16-20(18,19)15-9-4-11-2-1-3-12(11)10-15/h4,9-10,13-14,16-17H,1-3,5-8H2. The van der Waals surface area contributed by atoms with Gasteiger partial charge in [0.25, 0.3) is 0 Å². The van der Waals surface area contributed by atoms with E-state index >= 15 is 0 Å². The molecule has 0 atom stereocenters. The van der Waals surface area contributed by atoms with E-state index in [1.807, 2.05) is 12.1 Å². The molecule has 2 N–H and O–H groups in total. The molecule has 110 valence electrons. The Balaban J connectivity index is 1.75. The summed E-state index contributed by atoms with van der Waals surface area (Å²) in [5.41, 5.74) is 2.46. The van der Waals surface area contributed by atoms with Crippen molar-refractivity contribution in [1.82, 2.24) is 4.72 Å². The summed E-state index contributed by atoms with van der Waals surface area (Å²) in [5, 5.41) is 9.47. The summed E-state index contributed by atoms with van der Waals surface area (Å²) in [5.74, 6) is 0. The molecule has 0 aliphatic heterocycles. The van der Waals surface area contributed by atoms with Crippen molar-refractivity contribution in [3.8, 4) is 0 Å². The lowest BCUT2D eigenvalue weighted by Crippen LogP contribution is -2.38. The lowest BCUT2D eigenvalue weighted by Gasteiger charge is -2.26. The fraction of sp³-hybridized carbons (Fsp3) is 0.600. The molecular formula is C15H21NO3S. The SMILES string of the molecule is O=S(=O)(NC1CCC(O)CC1)c1ccc2c(c1)CCC2. The molecule has 20 heavy (non-hydrogen) atoms. The third-order valence-electron chi connectivity index (χ3n) is 4.40. The first-order valence-corrected chi connectivity index (χ1v) is 8.85. The van der Waals surface area contributed by atoms with Crippen LogP contribution in [-0.2, 0) is 22.9 Å². The highest BCUT2D eigenvalue weighted by atomic mass is 32.2. The summed E-state index contributed by atoms with van der Waals surface area (Å²) in [6, 6.07) is 5.44. The highest BCUT2D eigenvalue weighted by molar-refractivity contribution is 7.89. The van der Waals surface area contributed by atoms with Gasteiger partial charge in [0, 0.05) is 6.04 Å². The van der Waals surface area contributed by atoms with E-state index in [0.29, 0.717) is 30.6 Å². The third kappa shape index (κ3) is 2.90. The number of rotatable bonds is 3. The van der Waals surface area contributed by atoms with E-state index in [0.717, 1.165) is 19.3 Å². The first kappa shape index (κ1) is 14.0. The second kappa shape index (κ2) is 5.47. The summed E-state index contributed by atoms with van der Waals surface area (Å²) in [6.45, 7) is 0. The number of benzene rings is 1. The zero-order valence-electron chi connectivity index (χ0n) is 11.5. The molecular weight excluding hydrogens is 274 g/mol. The van der Waals surface area contributed by atoms with Crippen molar-refractivity contribution in [3.05, 3.63) is 29.3 Å². The van der Waals surface area contributed by atoms with E-state index in [2.05, 4.69) is 4.72 Å². The van der Waals surface area contributed by atoms with E-state index in [1.54, 1.807) is 6.07 Å². The highest BCUT2D eigenvalue weighted by Gasteiger charge is 2.25. The molecule has 0 spiro atoms. The van der Waals surface area contributed by atoms with Gasteiger partial charge in [-0.15, -0.1) is 0 Å². The van der Waals surface area contributed by atoms with Crippen molar-refractivity contribution in [3.63, 3.8) is 0 Å². The molecule has 1 aromatic carbocycles. The lowest BCUT2D eigenvalue weighted by molar-refractivity contribution is 0.120. The maximum Gasteiger partial charge on any atom is 0.240 e. The average molecular weight is 295 g/mol. The predicted molar refractivity (Wildman–Crippen MR) is 77.1 cm³/mol. The Morgan fingerprint density at radius 1 is 1.05 bits per heavy atom. The van der Waals surface area contributed by atoms with Gasteiger partial charge < -0.3 is 5.11 Å². The Morgan fingerprint density at radius 3 is 2.50 bits per heavy atom. The fourth-order valence-corrected chi connectivity index (χ4v) is 4.55. The van der Waals surface area contributed by atoms with E-state index in [1.165, 1.54) is 11.1 Å². The highest BCUT2D eigenvalue weighted by Crippen LogP contribution is 2.26. The molecule has 1 saturated carbocycles. The molecule has 0 aromatic heterocycles. The number of fused-ring (bicyclic) bond motifs is 1. The smallest absolute Gasteiger partial charge is 0.240 e. The molecule has 0 heterocycles. The van der Waals surface area contributed by atoms with Crippen LogP contribution in [0.3, 0.4) is 0 Å². The van der Waals surface area contributed by atoms with Crippen molar-refractivity contribution in [2.75, 3.05) is 0 Å². The molecule has 2 aliphatic carbocycles. The second-order valence-corrected chi connectivity index (χ2v) is 7.62. The predicted octanol–water partition coefficient (Wildman–Crippen LogP) is 1.76. The third-order valence-corrected chi connectivity index (χ3v) is 5.92. The summed E-state index contributed by atoms with van der Waals surface area (Å²) in [6.07, 6.45) is 5.67. The zero-order valence-corrected chi connectivity index (χ0v) is 12.3. The first-order chi connectivity index (χ1) is 9.54. The van der Waals surface area contributed by atoms with Crippen molar-refractivity contribution in [2.24, 2.45) is 0 Å². The van der Waals surface area contributed by atoms with Crippen LogP contribution in [0, 0.1) is 0 Å². The van der Waals surface area contributed by atoms with Crippen molar-refractivity contribution in [2.45, 2.75) is 62.0 Å². The van der Waals surface area contributed by atoms with E-state index in [4.69, 9.17) is 0 Å². The number of nitrogens with one attached hydrogen (secondary N) is 1. The van der Waals surface area contributed by atoms with Gasteiger partial charge in [-0.3, -0.25) is 0 Å². The number of aryl methyl sites for hydroxylation is 2. The molecule has 4 nitrogen and oxygen atoms in total. The van der Waals surface area contributed by atoms with Gasteiger partial charge in [0.1, 0.15) is 0 Å². The van der Waals surface area contributed by atoms with Crippen LogP contribution in [0.1, 0.15) is 43.2 Å². The van der Waals surface area contributed by atoms with Gasteiger partial charge in [-0.2, -0.15) is 0 Å². The Labute approximate surface area is 120 Å². The zero-order chi connectivity index (χ0) is 14.2. The number of aliphatic hydroxyl groups is 1. The molecule has 2 aliphatic rings. The van der Waals surface area contributed by atoms with E-state index in [9.17, 15) is 13.5 Å². The van der Waals surface area contributed by atoms with E-state index < -0.39 is 10.0 Å². The fourth-order valence-electron chi connectivity index (χ4n) is 3.20. The minimum atomic E-state index is -3.43. The van der Waals surface area contributed by atoms with E-state index in [-0.39, 0.29) is 12.1 Å². The number of aliphatic hydroxyl groups excluding tert-OH is 1. The number of sulfonamides is 1. The van der Waals surface area contributed by atoms with Gasteiger partial charge in [-0.1, -0.05) is 6.07 Å². The van der Waals surface area contributed by atoms with Gasteiger partial charge in [-0.05, 0) is 68.2 Å². The molecule has 0 radical (unpaired) electrons. The lowest BCUT2D eigenvalue weighted by atomic mass is 9.94. The Hall–Kier alpha value is -0.910. The van der Waals surface area contributed by atoms with Crippen molar-refractivity contribution >= 4 is 10.0 Å². The van der Waals surface area contributed by atoms with Gasteiger partial charge in [0.2, 0.25) is 10.0 Å². The Bertz CT molecular complexity index is 589. The average Bonchev–Trinajstić information content (AvgIpc) is 2.88. The minimum Gasteiger partial charge on any atom is -0.393 e. The van der Waals surface area contributed by atoms with Crippen LogP contribution >= 0.6 is 0 Å². The summed E-state index contributed by atoms with van der Waals surface area (Å²) in [7, 11) is -3.43. The van der Waals surface area contributed by atoms with Crippen LogP contribution in [-0.4, -0.2) is 25.7 Å². The van der Waals surface area contributed by atoms with Crippen LogP contribution in [0.25, 0.3) is 0 Å². The molecule has 1 aromatic rings. The second-order valence-electron chi connectivity index (χ2n) is 5.91. The normalized spacial score (nSPS) is 26.4. The van der Waals surface area contributed by atoms with Crippen LogP contribution in [0.4, 0.5) is 0 Å². The molecule has 1 fully saturated rings. The first-order valence-electron chi connectivity index (χ1n) is 7.37. The maximum absolute atomic E-state index is 12.4. The molecule has 0 bridgehead atoms. The summed E-state index contributed by atoms with van der Waals surface area (Å²) >= 11 is 0. The van der Waals surface area contributed by atoms with Crippen LogP contribution in [0.2, 0.25) is 0 Å². The Kier molecular flexibility index (Phi) is 3.84. The topological polar surface area (TPSA) is 66.4 Å². The molecule has 0 amide bonds. The molecule has 3 rings (SSSR count). The largest absolute Gasteiger partial charge is 0.393 e. The van der Waals surface area contributed by atoms with Crippen molar-refractivity contribution < 1.29 is 13.5 Å². The molecule has 5 heteroatoms. The number of hydrogen-bond acceptors (Lipinski definition) is 3. The van der Waals surface area contributed by atoms with Crippen LogP contribution in [0.15, 0.2) is 23.1 Å². The summed E-state index contributed by atoms with van der Waals surface area (Å²) < 4.78 is 27.6. The van der Waals surface area contributed by atoms with Gasteiger partial charge in [-0.25, -0.2) is 13.1 Å². The van der Waals surface area contributed by atoms with Crippen molar-refractivity contribution in [1.29, 1.82) is 0 Å². The van der Waals surface area contributed by atoms with Gasteiger partial charge in [0.15, 0.2) is 0 Å². The summed E-state index contributed by atoms with van der Waals surface area (Å²) in [4.78, 5) is 0.379. The maximum atomic E-state index is 12.4. The Morgan fingerprint density at radius 2 is 1.75 bits per heavy atom. The minimum absolute atomic E-state index is 0.0448.